The lowest BCUT2D eigenvalue weighted by atomic mass is 10.1. The highest BCUT2D eigenvalue weighted by atomic mass is 19.4. The van der Waals surface area contributed by atoms with Crippen molar-refractivity contribution >= 4 is 11.7 Å². The van der Waals surface area contributed by atoms with Gasteiger partial charge in [0.05, 0.1) is 17.9 Å². The van der Waals surface area contributed by atoms with Crippen molar-refractivity contribution in [1.29, 1.82) is 0 Å². The number of urea groups is 1. The number of benzene rings is 1. The topological polar surface area (TPSA) is 52.6 Å². The Morgan fingerprint density at radius 3 is 2.50 bits per heavy atom. The van der Waals surface area contributed by atoms with Crippen molar-refractivity contribution in [2.45, 2.75) is 32.4 Å². The summed E-state index contributed by atoms with van der Waals surface area (Å²) in [5.74, 6) is 0. The maximum absolute atomic E-state index is 12.9. The fourth-order valence-electron chi connectivity index (χ4n) is 2.02. The Kier molecular flexibility index (Phi) is 7.17. The number of nitrogens with one attached hydrogen (secondary N) is 1. The van der Waals surface area contributed by atoms with Crippen molar-refractivity contribution in [1.82, 2.24) is 4.90 Å². The molecule has 0 aliphatic carbocycles. The normalized spacial score (nSPS) is 11.3. The van der Waals surface area contributed by atoms with Crippen LogP contribution in [0.4, 0.5) is 23.7 Å². The Balaban J connectivity index is 2.81. The monoisotopic (exact) mass is 318 g/mol. The summed E-state index contributed by atoms with van der Waals surface area (Å²) in [6, 6.07) is 4.19. The van der Waals surface area contributed by atoms with Gasteiger partial charge in [0, 0.05) is 13.1 Å². The van der Waals surface area contributed by atoms with Crippen molar-refractivity contribution in [2.24, 2.45) is 0 Å². The summed E-state index contributed by atoms with van der Waals surface area (Å²) < 4.78 is 38.7. The van der Waals surface area contributed by atoms with E-state index in [-0.39, 0.29) is 18.8 Å². The number of para-hydroxylation sites is 1. The van der Waals surface area contributed by atoms with E-state index in [2.05, 4.69) is 5.32 Å². The maximum Gasteiger partial charge on any atom is 0.418 e. The van der Waals surface area contributed by atoms with Crippen molar-refractivity contribution in [3.63, 3.8) is 0 Å². The number of unbranched alkanes of at least 4 members (excludes halogenated alkanes) is 2. The van der Waals surface area contributed by atoms with Crippen LogP contribution in [0.15, 0.2) is 24.3 Å². The summed E-state index contributed by atoms with van der Waals surface area (Å²) in [6.07, 6.45) is -1.92. The predicted octanol–water partition coefficient (Wildman–Crippen LogP) is 3.72. The minimum atomic E-state index is -4.53. The van der Waals surface area contributed by atoms with Gasteiger partial charge in [0.1, 0.15) is 0 Å². The molecule has 22 heavy (non-hydrogen) atoms. The molecule has 7 heteroatoms. The van der Waals surface area contributed by atoms with Crippen LogP contribution in [0.25, 0.3) is 0 Å². The molecule has 1 aromatic carbocycles. The van der Waals surface area contributed by atoms with Gasteiger partial charge < -0.3 is 15.3 Å². The summed E-state index contributed by atoms with van der Waals surface area (Å²) in [4.78, 5) is 13.4. The Hall–Kier alpha value is -1.76. The van der Waals surface area contributed by atoms with Gasteiger partial charge >= 0.3 is 12.2 Å². The molecule has 0 spiro atoms. The molecule has 0 aromatic heterocycles. The number of aliphatic hydroxyl groups is 1. The molecule has 0 fully saturated rings. The molecule has 0 heterocycles. The molecule has 0 aliphatic rings. The van der Waals surface area contributed by atoms with E-state index < -0.39 is 17.8 Å². The molecule has 0 unspecified atom stereocenters. The molecule has 0 saturated heterocycles. The van der Waals surface area contributed by atoms with Crippen molar-refractivity contribution in [3.05, 3.63) is 29.8 Å². The first-order valence-corrected chi connectivity index (χ1v) is 7.23. The van der Waals surface area contributed by atoms with E-state index in [1.54, 1.807) is 0 Å². The average molecular weight is 318 g/mol. The molecule has 4 nitrogen and oxygen atoms in total. The van der Waals surface area contributed by atoms with Crippen LogP contribution in [0.1, 0.15) is 31.7 Å². The fourth-order valence-corrected chi connectivity index (χ4v) is 2.02. The van der Waals surface area contributed by atoms with Gasteiger partial charge in [-0.1, -0.05) is 31.9 Å². The van der Waals surface area contributed by atoms with Crippen molar-refractivity contribution in [3.8, 4) is 0 Å². The summed E-state index contributed by atoms with van der Waals surface area (Å²) >= 11 is 0. The lowest BCUT2D eigenvalue weighted by Crippen LogP contribution is -2.38. The van der Waals surface area contributed by atoms with Crippen LogP contribution >= 0.6 is 0 Å². The average Bonchev–Trinajstić information content (AvgIpc) is 2.46. The van der Waals surface area contributed by atoms with E-state index in [1.807, 2.05) is 6.92 Å². The van der Waals surface area contributed by atoms with Crippen LogP contribution in [-0.2, 0) is 6.18 Å². The number of hydrogen-bond acceptors (Lipinski definition) is 2. The van der Waals surface area contributed by atoms with Crippen LogP contribution in [0, 0.1) is 0 Å². The molecule has 2 amide bonds. The summed E-state index contributed by atoms with van der Waals surface area (Å²) in [6.45, 7) is 2.26. The fraction of sp³-hybridized carbons (Fsp3) is 0.533. The first kappa shape index (κ1) is 18.3. The molecule has 1 aromatic rings. The lowest BCUT2D eigenvalue weighted by molar-refractivity contribution is -0.136. The Labute approximate surface area is 127 Å². The minimum Gasteiger partial charge on any atom is -0.395 e. The van der Waals surface area contributed by atoms with Gasteiger partial charge in [-0.2, -0.15) is 13.2 Å². The van der Waals surface area contributed by atoms with E-state index in [4.69, 9.17) is 5.11 Å². The quantitative estimate of drug-likeness (QED) is 0.753. The first-order valence-electron chi connectivity index (χ1n) is 7.23. The maximum atomic E-state index is 12.9. The lowest BCUT2D eigenvalue weighted by Gasteiger charge is -2.23. The number of amides is 2. The molecule has 124 valence electrons. The highest BCUT2D eigenvalue weighted by molar-refractivity contribution is 5.90. The molecule has 0 aliphatic heterocycles. The van der Waals surface area contributed by atoms with Crippen molar-refractivity contribution < 1.29 is 23.1 Å². The summed E-state index contributed by atoms with van der Waals surface area (Å²) in [5.41, 5.74) is -1.17. The van der Waals surface area contributed by atoms with Crippen LogP contribution in [0.5, 0.6) is 0 Å². The number of carbonyl (C=O) groups is 1. The number of carbonyl (C=O) groups excluding carboxylic acids is 1. The number of alkyl halides is 3. The van der Waals surface area contributed by atoms with E-state index in [0.717, 1.165) is 25.3 Å². The SMILES string of the molecule is CCCCCN(CCO)C(=O)Nc1ccccc1C(F)(F)F. The second-order valence-corrected chi connectivity index (χ2v) is 4.89. The van der Waals surface area contributed by atoms with Gasteiger partial charge in [0.2, 0.25) is 0 Å². The van der Waals surface area contributed by atoms with E-state index >= 15 is 0 Å². The second-order valence-electron chi connectivity index (χ2n) is 4.89. The molecular weight excluding hydrogens is 297 g/mol. The van der Waals surface area contributed by atoms with Gasteiger partial charge in [-0.3, -0.25) is 0 Å². The molecule has 0 atom stereocenters. The molecular formula is C15H21F3N2O2. The summed E-state index contributed by atoms with van der Waals surface area (Å²) in [7, 11) is 0. The van der Waals surface area contributed by atoms with Gasteiger partial charge in [-0.15, -0.1) is 0 Å². The van der Waals surface area contributed by atoms with Crippen LogP contribution < -0.4 is 5.32 Å². The van der Waals surface area contributed by atoms with E-state index in [1.165, 1.54) is 23.1 Å². The highest BCUT2D eigenvalue weighted by Gasteiger charge is 2.33. The number of halogens is 3. The summed E-state index contributed by atoms with van der Waals surface area (Å²) in [5, 5.41) is 11.3. The molecule has 2 N–H and O–H groups in total. The third-order valence-corrected chi connectivity index (χ3v) is 3.16. The van der Waals surface area contributed by atoms with Crippen molar-refractivity contribution in [2.75, 3.05) is 25.0 Å². The number of aliphatic hydroxyl groups excluding tert-OH is 1. The smallest absolute Gasteiger partial charge is 0.395 e. The van der Waals surface area contributed by atoms with Crippen LogP contribution in [0.2, 0.25) is 0 Å². The third-order valence-electron chi connectivity index (χ3n) is 3.16. The van der Waals surface area contributed by atoms with Gasteiger partial charge in [-0.25, -0.2) is 4.79 Å². The van der Waals surface area contributed by atoms with E-state index in [9.17, 15) is 18.0 Å². The Bertz CT molecular complexity index is 478. The van der Waals surface area contributed by atoms with Gasteiger partial charge in [0.25, 0.3) is 0 Å². The van der Waals surface area contributed by atoms with Crippen LogP contribution in [0.3, 0.4) is 0 Å². The number of rotatable bonds is 7. The number of hydrogen-bond donors (Lipinski definition) is 2. The zero-order valence-corrected chi connectivity index (χ0v) is 12.5. The van der Waals surface area contributed by atoms with Gasteiger partial charge in [-0.05, 0) is 18.6 Å². The first-order chi connectivity index (χ1) is 10.4. The molecule has 0 bridgehead atoms. The highest BCUT2D eigenvalue weighted by Crippen LogP contribution is 2.34. The van der Waals surface area contributed by atoms with E-state index in [0.29, 0.717) is 6.54 Å². The molecule has 0 saturated carbocycles. The van der Waals surface area contributed by atoms with Crippen LogP contribution in [-0.4, -0.2) is 35.7 Å². The third kappa shape index (κ3) is 5.55. The zero-order chi connectivity index (χ0) is 16.6. The number of anilines is 1. The standard InChI is InChI=1S/C15H21F3N2O2/c1-2-3-6-9-20(10-11-21)14(22)19-13-8-5-4-7-12(13)15(16,17)18/h4-5,7-8,21H,2-3,6,9-11H2,1H3,(H,19,22). The second kappa shape index (κ2) is 8.63. The zero-order valence-electron chi connectivity index (χ0n) is 12.5. The predicted molar refractivity (Wildman–Crippen MR) is 78.6 cm³/mol. The molecule has 1 rings (SSSR count). The molecule has 0 radical (unpaired) electrons. The Morgan fingerprint density at radius 1 is 1.23 bits per heavy atom. The van der Waals surface area contributed by atoms with Gasteiger partial charge in [0.15, 0.2) is 0 Å². The minimum absolute atomic E-state index is 0.0870. The number of nitrogens with zero attached hydrogens (tertiary/aromatic N) is 1. The Morgan fingerprint density at radius 2 is 1.91 bits per heavy atom. The largest absolute Gasteiger partial charge is 0.418 e.